The number of benzene rings is 1. The lowest BCUT2D eigenvalue weighted by Gasteiger charge is -2.28. The number of amides is 1. The van der Waals surface area contributed by atoms with E-state index in [1.807, 2.05) is 43.9 Å². The summed E-state index contributed by atoms with van der Waals surface area (Å²) in [5.74, 6) is 1.23. The van der Waals surface area contributed by atoms with Gasteiger partial charge in [0.2, 0.25) is 0 Å². The van der Waals surface area contributed by atoms with Crippen LogP contribution >= 0.6 is 15.9 Å². The van der Waals surface area contributed by atoms with Gasteiger partial charge in [-0.1, -0.05) is 15.9 Å². The molecule has 0 aliphatic carbocycles. The third-order valence-electron chi connectivity index (χ3n) is 4.90. The lowest BCUT2D eigenvalue weighted by Crippen LogP contribution is -2.40. The highest BCUT2D eigenvalue weighted by Gasteiger charge is 2.33. The molecule has 148 valence electrons. The van der Waals surface area contributed by atoms with E-state index in [0.717, 1.165) is 45.1 Å². The zero-order valence-corrected chi connectivity index (χ0v) is 17.8. The van der Waals surface area contributed by atoms with E-state index < -0.39 is 5.60 Å². The minimum absolute atomic E-state index is 0.0602. The highest BCUT2D eigenvalue weighted by atomic mass is 79.9. The highest BCUT2D eigenvalue weighted by Crippen LogP contribution is 2.29. The van der Waals surface area contributed by atoms with Crippen molar-refractivity contribution < 1.29 is 9.53 Å². The van der Waals surface area contributed by atoms with Crippen molar-refractivity contribution >= 4 is 49.8 Å². The summed E-state index contributed by atoms with van der Waals surface area (Å²) in [7, 11) is 0. The number of halogens is 1. The van der Waals surface area contributed by atoms with Crippen molar-refractivity contribution in [2.75, 3.05) is 12.3 Å². The number of H-pyrrole nitrogens is 1. The van der Waals surface area contributed by atoms with Crippen LogP contribution in [0.25, 0.3) is 21.9 Å². The van der Waals surface area contributed by atoms with Crippen LogP contribution in [0.5, 0.6) is 0 Å². The molecule has 3 aromatic rings. The summed E-state index contributed by atoms with van der Waals surface area (Å²) in [5, 5.41) is 0.949. The fourth-order valence-corrected chi connectivity index (χ4v) is 4.06. The number of hydrogen-bond acceptors (Lipinski definition) is 5. The normalized spacial score (nSPS) is 17.6. The maximum absolute atomic E-state index is 12.5. The standard InChI is InChI=1S/C20H24BrN5O2/c1-20(2,3)28-19(27)26-8-4-5-12(26)10-15-24-16-13-7-6-11(21)9-14(13)23-18(22)17(16)25-15/h6-7,9,12H,4-5,8,10H2,1-3H3,(H2,22,23)(H,24,25)/t12-/m0/s1. The number of aromatic nitrogens is 3. The van der Waals surface area contributed by atoms with Crippen LogP contribution < -0.4 is 5.73 Å². The van der Waals surface area contributed by atoms with Crippen molar-refractivity contribution in [3.8, 4) is 0 Å². The van der Waals surface area contributed by atoms with Gasteiger partial charge in [-0.2, -0.15) is 0 Å². The molecule has 0 unspecified atom stereocenters. The molecule has 0 bridgehead atoms. The van der Waals surface area contributed by atoms with Gasteiger partial charge in [0.05, 0.1) is 5.52 Å². The van der Waals surface area contributed by atoms with Gasteiger partial charge < -0.3 is 20.4 Å². The molecule has 0 spiro atoms. The molecule has 3 N–H and O–H groups in total. The van der Waals surface area contributed by atoms with Crippen LogP contribution in [0.4, 0.5) is 10.6 Å². The maximum Gasteiger partial charge on any atom is 0.410 e. The van der Waals surface area contributed by atoms with Crippen molar-refractivity contribution in [2.45, 2.75) is 51.7 Å². The van der Waals surface area contributed by atoms with E-state index >= 15 is 0 Å². The molecular weight excluding hydrogens is 422 g/mol. The number of imidazole rings is 1. The topological polar surface area (TPSA) is 97.1 Å². The Bertz CT molecular complexity index is 1060. The molecule has 2 aromatic heterocycles. The summed E-state index contributed by atoms with van der Waals surface area (Å²) >= 11 is 3.47. The zero-order chi connectivity index (χ0) is 20.1. The first-order valence-corrected chi connectivity index (χ1v) is 10.2. The van der Waals surface area contributed by atoms with Crippen LogP contribution in [-0.4, -0.2) is 44.1 Å². The molecule has 1 fully saturated rings. The molecule has 4 rings (SSSR count). The van der Waals surface area contributed by atoms with Gasteiger partial charge in [-0.3, -0.25) is 0 Å². The monoisotopic (exact) mass is 445 g/mol. The molecule has 1 aliphatic heterocycles. The average molecular weight is 446 g/mol. The van der Waals surface area contributed by atoms with Gasteiger partial charge in [-0.15, -0.1) is 0 Å². The number of rotatable bonds is 2. The number of nitrogen functional groups attached to an aromatic ring is 1. The third-order valence-corrected chi connectivity index (χ3v) is 5.39. The predicted octanol–water partition coefficient (Wildman–Crippen LogP) is 4.40. The second-order valence-electron chi connectivity index (χ2n) is 8.24. The van der Waals surface area contributed by atoms with Crippen molar-refractivity contribution in [3.63, 3.8) is 0 Å². The summed E-state index contributed by atoms with van der Waals surface area (Å²) in [5.41, 5.74) is 8.01. The molecule has 3 heterocycles. The summed E-state index contributed by atoms with van der Waals surface area (Å²) in [6.07, 6.45) is 2.26. The highest BCUT2D eigenvalue weighted by molar-refractivity contribution is 9.10. The number of likely N-dealkylation sites (tertiary alicyclic amines) is 1. The van der Waals surface area contributed by atoms with Crippen LogP contribution in [0.3, 0.4) is 0 Å². The Hall–Kier alpha value is -2.35. The van der Waals surface area contributed by atoms with E-state index in [-0.39, 0.29) is 12.1 Å². The average Bonchev–Trinajstić information content (AvgIpc) is 3.21. The molecule has 7 nitrogen and oxygen atoms in total. The van der Waals surface area contributed by atoms with Crippen LogP contribution in [-0.2, 0) is 11.2 Å². The van der Waals surface area contributed by atoms with Gasteiger partial charge in [0.25, 0.3) is 0 Å². The van der Waals surface area contributed by atoms with E-state index in [4.69, 9.17) is 15.5 Å². The van der Waals surface area contributed by atoms with E-state index in [1.165, 1.54) is 0 Å². The Morgan fingerprint density at radius 3 is 2.93 bits per heavy atom. The second-order valence-corrected chi connectivity index (χ2v) is 9.16. The third kappa shape index (κ3) is 3.65. The number of hydrogen-bond donors (Lipinski definition) is 2. The Balaban J connectivity index is 1.63. The molecule has 1 amide bonds. The first-order chi connectivity index (χ1) is 13.2. The molecular formula is C20H24BrN5O2. The molecule has 1 aliphatic rings. The van der Waals surface area contributed by atoms with Crippen molar-refractivity contribution in [3.05, 3.63) is 28.5 Å². The number of nitrogens with one attached hydrogen (secondary N) is 1. The quantitative estimate of drug-likeness (QED) is 0.608. The Morgan fingerprint density at radius 1 is 1.39 bits per heavy atom. The zero-order valence-electron chi connectivity index (χ0n) is 16.3. The van der Waals surface area contributed by atoms with Gasteiger partial charge in [0.1, 0.15) is 28.3 Å². The van der Waals surface area contributed by atoms with Crippen LogP contribution in [0.1, 0.15) is 39.4 Å². The van der Waals surface area contributed by atoms with Crippen LogP contribution in [0, 0.1) is 0 Å². The number of aromatic amines is 1. The minimum Gasteiger partial charge on any atom is -0.444 e. The van der Waals surface area contributed by atoms with Crippen LogP contribution in [0.2, 0.25) is 0 Å². The Kier molecular flexibility index (Phi) is 4.69. The van der Waals surface area contributed by atoms with E-state index in [9.17, 15) is 4.79 Å². The maximum atomic E-state index is 12.5. The molecule has 0 saturated carbocycles. The number of pyridine rings is 1. The van der Waals surface area contributed by atoms with E-state index in [0.29, 0.717) is 18.8 Å². The fraction of sp³-hybridized carbons (Fsp3) is 0.450. The number of anilines is 1. The summed E-state index contributed by atoms with van der Waals surface area (Å²) in [6, 6.07) is 5.95. The second kappa shape index (κ2) is 6.92. The van der Waals surface area contributed by atoms with Gasteiger partial charge in [0, 0.05) is 28.9 Å². The van der Waals surface area contributed by atoms with E-state index in [1.54, 1.807) is 0 Å². The number of nitrogens with two attached hydrogens (primary N) is 1. The molecule has 1 aromatic carbocycles. The molecule has 1 atom stereocenters. The summed E-state index contributed by atoms with van der Waals surface area (Å²) in [6.45, 7) is 6.36. The summed E-state index contributed by atoms with van der Waals surface area (Å²) < 4.78 is 6.50. The fourth-order valence-electron chi connectivity index (χ4n) is 3.71. The van der Waals surface area contributed by atoms with Crippen LogP contribution in [0.15, 0.2) is 22.7 Å². The summed E-state index contributed by atoms with van der Waals surface area (Å²) in [4.78, 5) is 26.9. The van der Waals surface area contributed by atoms with Crippen molar-refractivity contribution in [1.29, 1.82) is 0 Å². The molecule has 0 radical (unpaired) electrons. The van der Waals surface area contributed by atoms with Gasteiger partial charge in [0.15, 0.2) is 0 Å². The Labute approximate surface area is 171 Å². The number of nitrogens with zero attached hydrogens (tertiary/aromatic N) is 3. The molecule has 1 saturated heterocycles. The lowest BCUT2D eigenvalue weighted by molar-refractivity contribution is 0.0226. The number of carbonyl (C=O) groups is 1. The van der Waals surface area contributed by atoms with Gasteiger partial charge >= 0.3 is 6.09 Å². The first kappa shape index (κ1) is 19.0. The number of carbonyl (C=O) groups excluding carboxylic acids is 1. The predicted molar refractivity (Wildman–Crippen MR) is 113 cm³/mol. The van der Waals surface area contributed by atoms with Gasteiger partial charge in [-0.05, 0) is 51.8 Å². The molecule has 28 heavy (non-hydrogen) atoms. The molecule has 8 heteroatoms. The SMILES string of the molecule is CC(C)(C)OC(=O)N1CCC[C@H]1Cc1nc2c([nH]1)c(N)nc1cc(Br)ccc12. The lowest BCUT2D eigenvalue weighted by atomic mass is 10.1. The number of fused-ring (bicyclic) bond motifs is 3. The smallest absolute Gasteiger partial charge is 0.410 e. The number of ether oxygens (including phenoxy) is 1. The minimum atomic E-state index is -0.503. The Morgan fingerprint density at radius 2 is 2.18 bits per heavy atom. The first-order valence-electron chi connectivity index (χ1n) is 9.44. The van der Waals surface area contributed by atoms with Crippen molar-refractivity contribution in [2.24, 2.45) is 0 Å². The van der Waals surface area contributed by atoms with E-state index in [2.05, 4.69) is 25.9 Å². The van der Waals surface area contributed by atoms with Crippen molar-refractivity contribution in [1.82, 2.24) is 19.9 Å². The van der Waals surface area contributed by atoms with Gasteiger partial charge in [-0.25, -0.2) is 14.8 Å². The largest absolute Gasteiger partial charge is 0.444 e.